The van der Waals surface area contributed by atoms with Gasteiger partial charge in [-0.2, -0.15) is 0 Å². The Morgan fingerprint density at radius 3 is 2.50 bits per heavy atom. The van der Waals surface area contributed by atoms with E-state index >= 15 is 0 Å². The first-order valence-electron chi connectivity index (χ1n) is 10.6. The maximum atomic E-state index is 13.0. The highest BCUT2D eigenvalue weighted by Crippen LogP contribution is 2.30. The van der Waals surface area contributed by atoms with E-state index in [0.717, 1.165) is 10.7 Å². The van der Waals surface area contributed by atoms with Gasteiger partial charge >= 0.3 is 0 Å². The van der Waals surface area contributed by atoms with Gasteiger partial charge in [-0.3, -0.25) is 14.4 Å². The SMILES string of the molecule is CCOc1ccc(N2C(=O)c3ccc(C(=O)NC(C)CCc4ccco4)cc3C2=O)cc1. The number of hydrogen-bond donors (Lipinski definition) is 1. The molecule has 0 bridgehead atoms. The number of fused-ring (bicyclic) bond motifs is 1. The third-order valence-corrected chi connectivity index (χ3v) is 5.34. The van der Waals surface area contributed by atoms with Crippen LogP contribution in [0.15, 0.2) is 65.3 Å². The van der Waals surface area contributed by atoms with E-state index in [1.54, 1.807) is 36.6 Å². The molecule has 1 N–H and O–H groups in total. The molecule has 1 aromatic heterocycles. The summed E-state index contributed by atoms with van der Waals surface area (Å²) in [7, 11) is 0. The van der Waals surface area contributed by atoms with Gasteiger partial charge in [0.2, 0.25) is 0 Å². The highest BCUT2D eigenvalue weighted by atomic mass is 16.5. The van der Waals surface area contributed by atoms with Gasteiger partial charge in [-0.05, 0) is 74.9 Å². The van der Waals surface area contributed by atoms with Gasteiger partial charge in [0.05, 0.1) is 29.7 Å². The van der Waals surface area contributed by atoms with E-state index in [4.69, 9.17) is 9.15 Å². The average molecular weight is 432 g/mol. The largest absolute Gasteiger partial charge is 0.494 e. The van der Waals surface area contributed by atoms with Gasteiger partial charge in [0.25, 0.3) is 17.7 Å². The van der Waals surface area contributed by atoms with Crippen molar-refractivity contribution in [1.29, 1.82) is 0 Å². The van der Waals surface area contributed by atoms with Crippen LogP contribution >= 0.6 is 0 Å². The van der Waals surface area contributed by atoms with Crippen LogP contribution in [0.25, 0.3) is 0 Å². The second kappa shape index (κ2) is 9.09. The maximum Gasteiger partial charge on any atom is 0.266 e. The van der Waals surface area contributed by atoms with E-state index in [9.17, 15) is 14.4 Å². The number of amides is 3. The van der Waals surface area contributed by atoms with Gasteiger partial charge in [0.1, 0.15) is 11.5 Å². The summed E-state index contributed by atoms with van der Waals surface area (Å²) in [6.07, 6.45) is 3.05. The molecule has 0 saturated carbocycles. The number of nitrogens with zero attached hydrogens (tertiary/aromatic N) is 1. The third kappa shape index (κ3) is 4.27. The lowest BCUT2D eigenvalue weighted by atomic mass is 10.0. The Balaban J connectivity index is 1.46. The molecule has 0 fully saturated rings. The molecule has 0 radical (unpaired) electrons. The predicted molar refractivity (Wildman–Crippen MR) is 119 cm³/mol. The summed E-state index contributed by atoms with van der Waals surface area (Å²) in [5, 5.41) is 2.93. The van der Waals surface area contributed by atoms with Gasteiger partial charge in [-0.15, -0.1) is 0 Å². The topological polar surface area (TPSA) is 88.8 Å². The summed E-state index contributed by atoms with van der Waals surface area (Å²) in [5.41, 5.74) is 1.30. The number of aryl methyl sites for hydroxylation is 1. The average Bonchev–Trinajstić information content (AvgIpc) is 3.40. The van der Waals surface area contributed by atoms with Crippen LogP contribution in [0, 0.1) is 0 Å². The molecule has 7 nitrogen and oxygen atoms in total. The Morgan fingerprint density at radius 2 is 1.81 bits per heavy atom. The number of imide groups is 1. The van der Waals surface area contributed by atoms with Crippen molar-refractivity contribution in [3.05, 3.63) is 83.3 Å². The smallest absolute Gasteiger partial charge is 0.266 e. The summed E-state index contributed by atoms with van der Waals surface area (Å²) in [6, 6.07) is 15.0. The monoisotopic (exact) mass is 432 g/mol. The van der Waals surface area contributed by atoms with Crippen molar-refractivity contribution in [2.45, 2.75) is 32.7 Å². The van der Waals surface area contributed by atoms with Crippen molar-refractivity contribution >= 4 is 23.4 Å². The van der Waals surface area contributed by atoms with Crippen LogP contribution in [0.5, 0.6) is 5.75 Å². The minimum atomic E-state index is -0.449. The zero-order chi connectivity index (χ0) is 22.7. The summed E-state index contributed by atoms with van der Waals surface area (Å²) in [5.74, 6) is 0.372. The Morgan fingerprint density at radius 1 is 1.06 bits per heavy atom. The van der Waals surface area contributed by atoms with Crippen molar-refractivity contribution in [2.75, 3.05) is 11.5 Å². The number of nitrogens with one attached hydrogen (secondary N) is 1. The number of furan rings is 1. The lowest BCUT2D eigenvalue weighted by molar-refractivity contribution is 0.0921. The first-order chi connectivity index (χ1) is 15.5. The predicted octanol–water partition coefficient (Wildman–Crippen LogP) is 4.23. The molecule has 164 valence electrons. The molecule has 1 unspecified atom stereocenters. The molecule has 1 atom stereocenters. The summed E-state index contributed by atoms with van der Waals surface area (Å²) in [6.45, 7) is 4.32. The number of anilines is 1. The minimum absolute atomic E-state index is 0.0847. The van der Waals surface area contributed by atoms with Gasteiger partial charge in [-0.25, -0.2) is 4.90 Å². The van der Waals surface area contributed by atoms with E-state index in [0.29, 0.717) is 36.4 Å². The van der Waals surface area contributed by atoms with E-state index in [-0.39, 0.29) is 23.1 Å². The highest BCUT2D eigenvalue weighted by Gasteiger charge is 2.37. The maximum absolute atomic E-state index is 13.0. The molecule has 1 aliphatic rings. The minimum Gasteiger partial charge on any atom is -0.494 e. The molecule has 2 heterocycles. The number of ether oxygens (including phenoxy) is 1. The summed E-state index contributed by atoms with van der Waals surface area (Å²) >= 11 is 0. The van der Waals surface area contributed by atoms with Gasteiger partial charge < -0.3 is 14.5 Å². The number of rotatable bonds is 8. The van der Waals surface area contributed by atoms with Gasteiger partial charge in [0.15, 0.2) is 0 Å². The quantitative estimate of drug-likeness (QED) is 0.538. The molecule has 0 saturated heterocycles. The van der Waals surface area contributed by atoms with Crippen LogP contribution in [0.2, 0.25) is 0 Å². The molecule has 0 spiro atoms. The lowest BCUT2D eigenvalue weighted by Gasteiger charge is -2.14. The number of carbonyl (C=O) groups is 3. The Hall–Kier alpha value is -3.87. The lowest BCUT2D eigenvalue weighted by Crippen LogP contribution is -2.33. The zero-order valence-corrected chi connectivity index (χ0v) is 18.0. The van der Waals surface area contributed by atoms with Crippen molar-refractivity contribution in [3.63, 3.8) is 0 Å². The van der Waals surface area contributed by atoms with Crippen molar-refractivity contribution < 1.29 is 23.5 Å². The molecule has 1 aliphatic heterocycles. The van der Waals surface area contributed by atoms with Crippen molar-refractivity contribution in [2.24, 2.45) is 0 Å². The van der Waals surface area contributed by atoms with Crippen LogP contribution in [0.1, 0.15) is 57.1 Å². The van der Waals surface area contributed by atoms with E-state index in [1.165, 1.54) is 12.1 Å². The molecular weight excluding hydrogens is 408 g/mol. The Labute approximate surface area is 186 Å². The molecular formula is C25H24N2O5. The Bertz CT molecular complexity index is 1140. The molecule has 7 heteroatoms. The van der Waals surface area contributed by atoms with Crippen LogP contribution in [0.3, 0.4) is 0 Å². The van der Waals surface area contributed by atoms with Crippen molar-refractivity contribution in [1.82, 2.24) is 5.32 Å². The van der Waals surface area contributed by atoms with Gasteiger partial charge in [0, 0.05) is 18.0 Å². The number of carbonyl (C=O) groups excluding carboxylic acids is 3. The van der Waals surface area contributed by atoms with Crippen LogP contribution in [0.4, 0.5) is 5.69 Å². The first kappa shape index (κ1) is 21.4. The van der Waals surface area contributed by atoms with E-state index < -0.39 is 11.8 Å². The summed E-state index contributed by atoms with van der Waals surface area (Å²) in [4.78, 5) is 39.6. The fourth-order valence-corrected chi connectivity index (χ4v) is 3.67. The second-order valence-electron chi connectivity index (χ2n) is 7.63. The van der Waals surface area contributed by atoms with Crippen LogP contribution in [-0.2, 0) is 6.42 Å². The van der Waals surface area contributed by atoms with Crippen LogP contribution in [-0.4, -0.2) is 30.4 Å². The molecule has 3 amide bonds. The van der Waals surface area contributed by atoms with Crippen molar-refractivity contribution in [3.8, 4) is 5.75 Å². The highest BCUT2D eigenvalue weighted by molar-refractivity contribution is 6.34. The molecule has 32 heavy (non-hydrogen) atoms. The van der Waals surface area contributed by atoms with Crippen LogP contribution < -0.4 is 15.0 Å². The fourth-order valence-electron chi connectivity index (χ4n) is 3.67. The van der Waals surface area contributed by atoms with E-state index in [2.05, 4.69) is 5.32 Å². The standard InChI is InChI=1S/C25H24N2O5/c1-3-31-20-11-8-18(9-12-20)27-24(29)21-13-7-17(15-22(21)25(27)30)23(28)26-16(2)6-10-19-5-4-14-32-19/h4-5,7-9,11-16H,3,6,10H2,1-2H3,(H,26,28). The second-order valence-corrected chi connectivity index (χ2v) is 7.63. The van der Waals surface area contributed by atoms with Gasteiger partial charge in [-0.1, -0.05) is 0 Å². The summed E-state index contributed by atoms with van der Waals surface area (Å²) < 4.78 is 10.7. The zero-order valence-electron chi connectivity index (χ0n) is 18.0. The fraction of sp³-hybridized carbons (Fsp3) is 0.240. The molecule has 0 aliphatic carbocycles. The Kier molecular flexibility index (Phi) is 6.07. The number of benzene rings is 2. The molecule has 4 rings (SSSR count). The number of hydrogen-bond acceptors (Lipinski definition) is 5. The first-order valence-corrected chi connectivity index (χ1v) is 10.6. The third-order valence-electron chi connectivity index (χ3n) is 5.34. The molecule has 3 aromatic rings. The normalized spacial score (nSPS) is 13.8. The van der Waals surface area contributed by atoms with E-state index in [1.807, 2.05) is 26.0 Å². The molecule has 2 aromatic carbocycles.